The molecule has 0 amide bonds. The summed E-state index contributed by atoms with van der Waals surface area (Å²) < 4.78 is 29.5. The van der Waals surface area contributed by atoms with Crippen LogP contribution < -0.4 is 4.72 Å². The highest BCUT2D eigenvalue weighted by Crippen LogP contribution is 2.27. The van der Waals surface area contributed by atoms with Gasteiger partial charge in [-0.05, 0) is 61.7 Å². The monoisotopic (exact) mass is 431 g/mol. The van der Waals surface area contributed by atoms with Crippen LogP contribution in [0.15, 0.2) is 44.2 Å². The normalized spacial score (nSPS) is 11.5. The zero-order valence-corrected chi connectivity index (χ0v) is 15.9. The summed E-state index contributed by atoms with van der Waals surface area (Å²) >= 11 is 6.75. The van der Waals surface area contributed by atoms with E-state index in [2.05, 4.69) is 36.6 Å². The fourth-order valence-electron chi connectivity index (χ4n) is 2.04. The second kappa shape index (κ2) is 6.10. The molecule has 0 bridgehead atoms. The lowest BCUT2D eigenvalue weighted by atomic mass is 10.2. The number of aryl methyl sites for hydroxylation is 3. The van der Waals surface area contributed by atoms with Crippen molar-refractivity contribution in [1.82, 2.24) is 0 Å². The van der Waals surface area contributed by atoms with Gasteiger partial charge in [0.05, 0.1) is 10.6 Å². The molecule has 6 heteroatoms. The quantitative estimate of drug-likeness (QED) is 0.746. The van der Waals surface area contributed by atoms with Crippen LogP contribution in [0.25, 0.3) is 0 Å². The van der Waals surface area contributed by atoms with Crippen molar-refractivity contribution in [3.8, 4) is 0 Å². The molecule has 0 aliphatic carbocycles. The van der Waals surface area contributed by atoms with Crippen LogP contribution in [0.5, 0.6) is 0 Å². The number of nitrogens with one attached hydrogen (secondary N) is 1. The van der Waals surface area contributed by atoms with Gasteiger partial charge in [0, 0.05) is 8.95 Å². The number of anilines is 1. The van der Waals surface area contributed by atoms with Crippen molar-refractivity contribution in [2.75, 3.05) is 4.72 Å². The molecule has 3 nitrogen and oxygen atoms in total. The average molecular weight is 433 g/mol. The highest BCUT2D eigenvalue weighted by atomic mass is 79.9. The Morgan fingerprint density at radius 1 is 0.905 bits per heavy atom. The van der Waals surface area contributed by atoms with Gasteiger partial charge in [-0.15, -0.1) is 0 Å². The number of halogens is 2. The first-order valence-corrected chi connectivity index (χ1v) is 9.33. The molecule has 21 heavy (non-hydrogen) atoms. The fourth-order valence-corrected chi connectivity index (χ4v) is 4.39. The van der Waals surface area contributed by atoms with Gasteiger partial charge in [0.2, 0.25) is 0 Å². The van der Waals surface area contributed by atoms with E-state index in [0.717, 1.165) is 25.6 Å². The Kier molecular flexibility index (Phi) is 4.80. The van der Waals surface area contributed by atoms with Gasteiger partial charge in [-0.2, -0.15) is 0 Å². The van der Waals surface area contributed by atoms with E-state index < -0.39 is 10.0 Å². The van der Waals surface area contributed by atoms with E-state index >= 15 is 0 Å². The summed E-state index contributed by atoms with van der Waals surface area (Å²) in [7, 11) is -3.61. The SMILES string of the molecule is Cc1cc(C)c(S(=O)(=O)Nc2ccc(Br)cc2C)cc1Br. The maximum atomic E-state index is 12.6. The minimum Gasteiger partial charge on any atom is -0.279 e. The zero-order chi connectivity index (χ0) is 15.8. The first-order chi connectivity index (χ1) is 9.70. The Morgan fingerprint density at radius 2 is 1.57 bits per heavy atom. The topological polar surface area (TPSA) is 46.2 Å². The fraction of sp³-hybridized carbons (Fsp3) is 0.200. The van der Waals surface area contributed by atoms with Crippen LogP contribution in [0.4, 0.5) is 5.69 Å². The van der Waals surface area contributed by atoms with Crippen LogP contribution in [0, 0.1) is 20.8 Å². The number of hydrogen-bond donors (Lipinski definition) is 1. The molecule has 0 heterocycles. The van der Waals surface area contributed by atoms with E-state index in [-0.39, 0.29) is 4.90 Å². The lowest BCUT2D eigenvalue weighted by molar-refractivity contribution is 0.600. The summed E-state index contributed by atoms with van der Waals surface area (Å²) in [5.74, 6) is 0. The van der Waals surface area contributed by atoms with E-state index in [9.17, 15) is 8.42 Å². The predicted molar refractivity (Wildman–Crippen MR) is 93.3 cm³/mol. The molecule has 0 unspecified atom stereocenters. The average Bonchev–Trinajstić information content (AvgIpc) is 2.37. The van der Waals surface area contributed by atoms with Crippen LogP contribution in [-0.2, 0) is 10.0 Å². The third kappa shape index (κ3) is 3.67. The van der Waals surface area contributed by atoms with Crippen molar-refractivity contribution in [2.45, 2.75) is 25.7 Å². The van der Waals surface area contributed by atoms with Crippen molar-refractivity contribution < 1.29 is 8.42 Å². The molecule has 0 atom stereocenters. The third-order valence-corrected chi connectivity index (χ3v) is 6.03. The van der Waals surface area contributed by atoms with Crippen molar-refractivity contribution in [2.24, 2.45) is 0 Å². The molecule has 0 fully saturated rings. The minimum absolute atomic E-state index is 0.280. The molecule has 0 saturated heterocycles. The molecule has 0 aromatic heterocycles. The Balaban J connectivity index is 2.46. The van der Waals surface area contributed by atoms with Crippen LogP contribution >= 0.6 is 31.9 Å². The lowest BCUT2D eigenvalue weighted by Gasteiger charge is -2.14. The Bertz CT molecular complexity index is 802. The van der Waals surface area contributed by atoms with Crippen molar-refractivity contribution in [3.63, 3.8) is 0 Å². The largest absolute Gasteiger partial charge is 0.279 e. The van der Waals surface area contributed by atoms with Gasteiger partial charge in [0.15, 0.2) is 0 Å². The summed E-state index contributed by atoms with van der Waals surface area (Å²) in [6, 6.07) is 8.92. The smallest absolute Gasteiger partial charge is 0.262 e. The van der Waals surface area contributed by atoms with Gasteiger partial charge in [-0.25, -0.2) is 8.42 Å². The lowest BCUT2D eigenvalue weighted by Crippen LogP contribution is -2.15. The second-order valence-electron chi connectivity index (χ2n) is 4.93. The van der Waals surface area contributed by atoms with Gasteiger partial charge in [0.1, 0.15) is 0 Å². The number of benzene rings is 2. The number of hydrogen-bond acceptors (Lipinski definition) is 2. The standard InChI is InChI=1S/C15H15Br2NO2S/c1-9-6-11(3)15(8-13(9)17)21(19,20)18-14-5-4-12(16)7-10(14)2/h4-8,18H,1-3H3. The summed E-state index contributed by atoms with van der Waals surface area (Å²) in [5, 5.41) is 0. The molecule has 0 spiro atoms. The van der Waals surface area contributed by atoms with E-state index in [1.807, 2.05) is 32.0 Å². The van der Waals surface area contributed by atoms with Gasteiger partial charge in [-0.3, -0.25) is 4.72 Å². The van der Waals surface area contributed by atoms with Gasteiger partial charge in [-0.1, -0.05) is 37.9 Å². The maximum absolute atomic E-state index is 12.6. The Hall–Kier alpha value is -0.850. The Morgan fingerprint density at radius 3 is 2.19 bits per heavy atom. The first kappa shape index (κ1) is 16.5. The summed E-state index contributed by atoms with van der Waals surface area (Å²) in [4.78, 5) is 0.280. The molecule has 0 radical (unpaired) electrons. The third-order valence-electron chi connectivity index (χ3n) is 3.18. The van der Waals surface area contributed by atoms with Gasteiger partial charge < -0.3 is 0 Å². The summed E-state index contributed by atoms with van der Waals surface area (Å²) in [6.07, 6.45) is 0. The molecule has 0 saturated carbocycles. The first-order valence-electron chi connectivity index (χ1n) is 6.26. The predicted octanol–water partition coefficient (Wildman–Crippen LogP) is 4.94. The molecular formula is C15H15Br2NO2S. The molecule has 2 aromatic carbocycles. The van der Waals surface area contributed by atoms with Crippen molar-refractivity contribution in [1.29, 1.82) is 0 Å². The highest BCUT2D eigenvalue weighted by molar-refractivity contribution is 9.10. The molecule has 2 aromatic rings. The van der Waals surface area contributed by atoms with E-state index in [4.69, 9.17) is 0 Å². The molecule has 112 valence electrons. The molecule has 0 aliphatic rings. The molecule has 1 N–H and O–H groups in total. The van der Waals surface area contributed by atoms with Crippen LogP contribution in [-0.4, -0.2) is 8.42 Å². The summed E-state index contributed by atoms with van der Waals surface area (Å²) in [5.41, 5.74) is 3.16. The number of sulfonamides is 1. The van der Waals surface area contributed by atoms with Crippen LogP contribution in [0.2, 0.25) is 0 Å². The molecule has 2 rings (SSSR count). The van der Waals surface area contributed by atoms with Crippen molar-refractivity contribution >= 4 is 47.6 Å². The Labute approximate surface area is 142 Å². The van der Waals surface area contributed by atoms with E-state index in [1.54, 1.807) is 19.1 Å². The number of rotatable bonds is 3. The summed E-state index contributed by atoms with van der Waals surface area (Å²) in [6.45, 7) is 5.59. The minimum atomic E-state index is -3.61. The molecule has 0 aliphatic heterocycles. The van der Waals surface area contributed by atoms with Crippen LogP contribution in [0.3, 0.4) is 0 Å². The van der Waals surface area contributed by atoms with E-state index in [0.29, 0.717) is 5.69 Å². The molecular weight excluding hydrogens is 418 g/mol. The highest BCUT2D eigenvalue weighted by Gasteiger charge is 2.19. The zero-order valence-electron chi connectivity index (χ0n) is 11.9. The van der Waals surface area contributed by atoms with E-state index in [1.165, 1.54) is 0 Å². The van der Waals surface area contributed by atoms with Gasteiger partial charge >= 0.3 is 0 Å². The van der Waals surface area contributed by atoms with Crippen molar-refractivity contribution in [3.05, 3.63) is 56.0 Å². The maximum Gasteiger partial charge on any atom is 0.262 e. The van der Waals surface area contributed by atoms with Gasteiger partial charge in [0.25, 0.3) is 10.0 Å². The second-order valence-corrected chi connectivity index (χ2v) is 8.35. The van der Waals surface area contributed by atoms with Crippen LogP contribution in [0.1, 0.15) is 16.7 Å².